The Morgan fingerprint density at radius 1 is 0.370 bits per heavy atom. The molecule has 2 atom stereocenters. The van der Waals surface area contributed by atoms with Gasteiger partial charge >= 0.3 is 5.97 Å². The summed E-state index contributed by atoms with van der Waals surface area (Å²) in [6.45, 7) is 4.93. The number of amides is 1. The van der Waals surface area contributed by atoms with Gasteiger partial charge in [-0.2, -0.15) is 0 Å². The predicted molar refractivity (Wildman–Crippen MR) is 320 cm³/mol. The molecule has 73 heavy (non-hydrogen) atoms. The quantitative estimate of drug-likeness (QED) is 0.0320. The predicted octanol–water partition coefficient (Wildman–Crippen LogP) is 21.0. The molecule has 432 valence electrons. The third kappa shape index (κ3) is 59.4. The molecular formula is C67H129NO5. The standard InChI is InChI=1S/C67H129NO5/c1-3-5-7-9-11-13-15-17-19-20-21-23-26-29-32-35-39-43-47-51-55-59-65(70)64(63-69)68-66(71)60-56-52-48-44-40-36-33-30-27-24-22-25-28-31-34-38-42-46-50-54-58-62-73-67(72)61-57-53-49-45-41-37-18-16-14-12-10-8-6-4-2/h24,27,55,59,64-65,69-70H,3-23,25-26,28-54,56-58,60-63H2,1-2H3,(H,68,71)/b27-24-,59-55+. The van der Waals surface area contributed by atoms with E-state index in [9.17, 15) is 19.8 Å². The Morgan fingerprint density at radius 2 is 0.644 bits per heavy atom. The van der Waals surface area contributed by atoms with Crippen LogP contribution in [-0.2, 0) is 14.3 Å². The highest BCUT2D eigenvalue weighted by molar-refractivity contribution is 5.76. The number of aliphatic hydroxyl groups excluding tert-OH is 2. The van der Waals surface area contributed by atoms with Crippen LogP contribution in [-0.4, -0.2) is 47.4 Å². The highest BCUT2D eigenvalue weighted by atomic mass is 16.5. The second-order valence-corrected chi connectivity index (χ2v) is 22.8. The van der Waals surface area contributed by atoms with E-state index in [0.717, 1.165) is 44.9 Å². The molecule has 0 bridgehead atoms. The molecule has 0 aliphatic rings. The lowest BCUT2D eigenvalue weighted by Crippen LogP contribution is -2.45. The second kappa shape index (κ2) is 62.9. The summed E-state index contributed by atoms with van der Waals surface area (Å²) in [5, 5.41) is 23.2. The van der Waals surface area contributed by atoms with Crippen LogP contribution >= 0.6 is 0 Å². The van der Waals surface area contributed by atoms with Gasteiger partial charge in [0.1, 0.15) is 0 Å². The highest BCUT2D eigenvalue weighted by Crippen LogP contribution is 2.18. The average Bonchev–Trinajstić information content (AvgIpc) is 3.39. The van der Waals surface area contributed by atoms with Gasteiger partial charge in [-0.3, -0.25) is 9.59 Å². The van der Waals surface area contributed by atoms with Crippen molar-refractivity contribution in [1.29, 1.82) is 0 Å². The van der Waals surface area contributed by atoms with Crippen molar-refractivity contribution in [2.45, 2.75) is 379 Å². The first-order valence-corrected chi connectivity index (χ1v) is 33.1. The molecule has 0 fully saturated rings. The molecule has 0 heterocycles. The number of carbonyl (C=O) groups excluding carboxylic acids is 2. The van der Waals surface area contributed by atoms with Gasteiger partial charge in [0.05, 0.1) is 25.4 Å². The van der Waals surface area contributed by atoms with Crippen LogP contribution in [0.1, 0.15) is 367 Å². The fraction of sp³-hybridized carbons (Fsp3) is 0.910. The number of carbonyl (C=O) groups is 2. The Bertz CT molecular complexity index is 1140. The summed E-state index contributed by atoms with van der Waals surface area (Å²) < 4.78 is 5.48. The summed E-state index contributed by atoms with van der Waals surface area (Å²) in [5.74, 6) is -0.0617. The van der Waals surface area contributed by atoms with Crippen molar-refractivity contribution in [3.8, 4) is 0 Å². The summed E-state index contributed by atoms with van der Waals surface area (Å²) in [6, 6.07) is -0.634. The number of nitrogens with one attached hydrogen (secondary N) is 1. The van der Waals surface area contributed by atoms with Gasteiger partial charge in [0, 0.05) is 12.8 Å². The zero-order valence-corrected chi connectivity index (χ0v) is 49.4. The molecule has 0 aromatic carbocycles. The summed E-state index contributed by atoms with van der Waals surface area (Å²) >= 11 is 0. The van der Waals surface area contributed by atoms with Crippen molar-refractivity contribution in [1.82, 2.24) is 5.32 Å². The average molecular weight is 1030 g/mol. The topological polar surface area (TPSA) is 95.9 Å². The Hall–Kier alpha value is -1.66. The van der Waals surface area contributed by atoms with Crippen LogP contribution in [0, 0.1) is 0 Å². The molecule has 1 amide bonds. The van der Waals surface area contributed by atoms with Crippen molar-refractivity contribution in [2.75, 3.05) is 13.2 Å². The fourth-order valence-electron chi connectivity index (χ4n) is 10.4. The summed E-state index contributed by atoms with van der Waals surface area (Å²) in [4.78, 5) is 24.6. The second-order valence-electron chi connectivity index (χ2n) is 22.8. The molecule has 0 radical (unpaired) electrons. The van der Waals surface area contributed by atoms with Crippen molar-refractivity contribution < 1.29 is 24.5 Å². The van der Waals surface area contributed by atoms with E-state index in [1.807, 2.05) is 6.08 Å². The third-order valence-electron chi connectivity index (χ3n) is 15.5. The molecule has 6 heteroatoms. The summed E-state index contributed by atoms with van der Waals surface area (Å²) in [6.07, 6.45) is 78.0. The van der Waals surface area contributed by atoms with Crippen LogP contribution in [0.25, 0.3) is 0 Å². The zero-order valence-electron chi connectivity index (χ0n) is 49.4. The van der Waals surface area contributed by atoms with E-state index in [4.69, 9.17) is 4.74 Å². The van der Waals surface area contributed by atoms with E-state index < -0.39 is 12.1 Å². The largest absolute Gasteiger partial charge is 0.466 e. The van der Waals surface area contributed by atoms with Crippen LogP contribution in [0.2, 0.25) is 0 Å². The molecule has 0 rings (SSSR count). The first-order chi connectivity index (χ1) is 36.0. The van der Waals surface area contributed by atoms with Gasteiger partial charge in [-0.05, 0) is 57.8 Å². The molecule has 2 unspecified atom stereocenters. The van der Waals surface area contributed by atoms with Crippen molar-refractivity contribution >= 4 is 11.9 Å². The van der Waals surface area contributed by atoms with Gasteiger partial charge < -0.3 is 20.3 Å². The SMILES string of the molecule is CCCCCCCCCCCCCCCCCCCCC/C=C/C(O)C(CO)NC(=O)CCCCCCCCC/C=C\CCCCCCCCCCCCOC(=O)CCCCCCCCCCCCCCCC. The fourth-order valence-corrected chi connectivity index (χ4v) is 10.4. The first-order valence-electron chi connectivity index (χ1n) is 33.1. The van der Waals surface area contributed by atoms with Gasteiger partial charge in [-0.1, -0.05) is 321 Å². The summed E-state index contributed by atoms with van der Waals surface area (Å²) in [7, 11) is 0. The first kappa shape index (κ1) is 71.3. The molecule has 3 N–H and O–H groups in total. The lowest BCUT2D eigenvalue weighted by atomic mass is 10.0. The number of hydrogen-bond acceptors (Lipinski definition) is 5. The maximum Gasteiger partial charge on any atom is 0.305 e. The number of esters is 1. The Balaban J connectivity index is 3.45. The Labute approximate surface area is 456 Å². The minimum absolute atomic E-state index is 0.0105. The minimum atomic E-state index is -0.850. The molecule has 0 spiro atoms. The molecule has 0 saturated carbocycles. The van der Waals surface area contributed by atoms with Gasteiger partial charge in [0.2, 0.25) is 5.91 Å². The van der Waals surface area contributed by atoms with Crippen LogP contribution in [0.15, 0.2) is 24.3 Å². The third-order valence-corrected chi connectivity index (χ3v) is 15.5. The zero-order chi connectivity index (χ0) is 52.9. The van der Waals surface area contributed by atoms with E-state index in [2.05, 4.69) is 31.3 Å². The lowest BCUT2D eigenvalue weighted by molar-refractivity contribution is -0.143. The Kier molecular flexibility index (Phi) is 61.4. The molecule has 0 aromatic rings. The monoisotopic (exact) mass is 1030 g/mol. The van der Waals surface area contributed by atoms with Gasteiger partial charge in [0.25, 0.3) is 0 Å². The van der Waals surface area contributed by atoms with Crippen LogP contribution in [0.3, 0.4) is 0 Å². The van der Waals surface area contributed by atoms with E-state index >= 15 is 0 Å². The normalized spacial score (nSPS) is 12.7. The van der Waals surface area contributed by atoms with E-state index in [-0.39, 0.29) is 18.5 Å². The number of unbranched alkanes of at least 4 members (excludes halogenated alkanes) is 49. The minimum Gasteiger partial charge on any atom is -0.466 e. The molecule has 0 aliphatic heterocycles. The van der Waals surface area contributed by atoms with Gasteiger partial charge in [-0.25, -0.2) is 0 Å². The Morgan fingerprint density at radius 3 is 0.973 bits per heavy atom. The van der Waals surface area contributed by atoms with Gasteiger partial charge in [0.15, 0.2) is 0 Å². The lowest BCUT2D eigenvalue weighted by Gasteiger charge is -2.20. The van der Waals surface area contributed by atoms with Gasteiger partial charge in [-0.15, -0.1) is 0 Å². The molecule has 0 aromatic heterocycles. The molecule has 0 saturated heterocycles. The van der Waals surface area contributed by atoms with Crippen molar-refractivity contribution in [3.05, 3.63) is 24.3 Å². The van der Waals surface area contributed by atoms with Crippen LogP contribution in [0.4, 0.5) is 0 Å². The number of hydrogen-bond donors (Lipinski definition) is 3. The van der Waals surface area contributed by atoms with E-state index in [1.54, 1.807) is 6.08 Å². The smallest absolute Gasteiger partial charge is 0.305 e. The number of aliphatic hydroxyl groups is 2. The number of rotatable bonds is 62. The van der Waals surface area contributed by atoms with E-state index in [1.165, 1.54) is 295 Å². The molecule has 0 aliphatic carbocycles. The summed E-state index contributed by atoms with van der Waals surface area (Å²) in [5.41, 5.74) is 0. The maximum absolute atomic E-state index is 12.5. The van der Waals surface area contributed by atoms with E-state index in [0.29, 0.717) is 19.4 Å². The molecular weight excluding hydrogens is 899 g/mol. The van der Waals surface area contributed by atoms with Crippen LogP contribution < -0.4 is 5.32 Å². The van der Waals surface area contributed by atoms with Crippen molar-refractivity contribution in [3.63, 3.8) is 0 Å². The highest BCUT2D eigenvalue weighted by Gasteiger charge is 2.18. The maximum atomic E-state index is 12.5. The van der Waals surface area contributed by atoms with Crippen molar-refractivity contribution in [2.24, 2.45) is 0 Å². The number of allylic oxidation sites excluding steroid dienone is 3. The number of ether oxygens (including phenoxy) is 1. The molecule has 6 nitrogen and oxygen atoms in total. The van der Waals surface area contributed by atoms with Crippen LogP contribution in [0.5, 0.6) is 0 Å².